The third-order valence-electron chi connectivity index (χ3n) is 9.60. The highest BCUT2D eigenvalue weighted by molar-refractivity contribution is 5.94. The number of carbonyl (C=O) groups excluding carboxylic acids is 1. The number of para-hydroxylation sites is 2. The summed E-state index contributed by atoms with van der Waals surface area (Å²) < 4.78 is 0. The molecule has 0 bridgehead atoms. The Hall–Kier alpha value is -3.88. The van der Waals surface area contributed by atoms with E-state index in [1.807, 2.05) is 41.3 Å². The molecule has 1 atom stereocenters. The molecule has 8 heteroatoms. The SMILES string of the molecule is CC1(C)c2ccccc2N(CCCN2CCC3(CC2)C(=O)N(Cc2ccccc2C(=O)O)CN3c2ccccc2)C1O. The van der Waals surface area contributed by atoms with Crippen LogP contribution in [0.4, 0.5) is 11.4 Å². The van der Waals surface area contributed by atoms with E-state index >= 15 is 0 Å². The Morgan fingerprint density at radius 3 is 2.31 bits per heavy atom. The van der Waals surface area contributed by atoms with Crippen LogP contribution in [-0.2, 0) is 16.8 Å². The Balaban J connectivity index is 1.14. The number of carboxylic acids is 1. The molecule has 2 saturated heterocycles. The summed E-state index contributed by atoms with van der Waals surface area (Å²) in [6.45, 7) is 8.18. The van der Waals surface area contributed by atoms with Gasteiger partial charge in [0.1, 0.15) is 11.8 Å². The summed E-state index contributed by atoms with van der Waals surface area (Å²) in [6, 6.07) is 25.3. The Labute approximate surface area is 247 Å². The topological polar surface area (TPSA) is 87.6 Å². The minimum absolute atomic E-state index is 0.0743. The van der Waals surface area contributed by atoms with Crippen LogP contribution in [0, 0.1) is 0 Å². The average molecular weight is 569 g/mol. The number of hydrogen-bond donors (Lipinski definition) is 2. The van der Waals surface area contributed by atoms with Gasteiger partial charge < -0.3 is 29.8 Å². The van der Waals surface area contributed by atoms with Gasteiger partial charge in [-0.05, 0) is 61.2 Å². The first kappa shape index (κ1) is 28.2. The van der Waals surface area contributed by atoms with E-state index in [-0.39, 0.29) is 23.4 Å². The summed E-state index contributed by atoms with van der Waals surface area (Å²) >= 11 is 0. The first-order valence-corrected chi connectivity index (χ1v) is 14.9. The Morgan fingerprint density at radius 2 is 1.57 bits per heavy atom. The minimum atomic E-state index is -0.978. The number of carbonyl (C=O) groups is 2. The van der Waals surface area contributed by atoms with E-state index in [2.05, 4.69) is 52.8 Å². The van der Waals surface area contributed by atoms with E-state index in [0.29, 0.717) is 25.1 Å². The lowest BCUT2D eigenvalue weighted by atomic mass is 9.85. The molecule has 2 fully saturated rings. The molecule has 3 aliphatic rings. The lowest BCUT2D eigenvalue weighted by molar-refractivity contribution is -0.134. The second kappa shape index (κ2) is 11.1. The first-order chi connectivity index (χ1) is 20.2. The van der Waals surface area contributed by atoms with Gasteiger partial charge in [-0.3, -0.25) is 4.79 Å². The number of hydrogen-bond acceptors (Lipinski definition) is 6. The molecule has 3 aromatic carbocycles. The summed E-state index contributed by atoms with van der Waals surface area (Å²) in [7, 11) is 0. The summed E-state index contributed by atoms with van der Waals surface area (Å²) in [4.78, 5) is 34.6. The number of fused-ring (bicyclic) bond motifs is 1. The van der Waals surface area contributed by atoms with Crippen molar-refractivity contribution in [1.29, 1.82) is 0 Å². The fraction of sp³-hybridized carbons (Fsp3) is 0.412. The van der Waals surface area contributed by atoms with Crippen molar-refractivity contribution in [1.82, 2.24) is 9.80 Å². The lowest BCUT2D eigenvalue weighted by Crippen LogP contribution is -2.56. The normalized spacial score (nSPS) is 21.3. The molecule has 3 aliphatic heterocycles. The van der Waals surface area contributed by atoms with Crippen LogP contribution in [0.25, 0.3) is 0 Å². The third kappa shape index (κ3) is 4.82. The van der Waals surface area contributed by atoms with Gasteiger partial charge in [-0.1, -0.05) is 68.4 Å². The second-order valence-corrected chi connectivity index (χ2v) is 12.4. The molecule has 8 nitrogen and oxygen atoms in total. The van der Waals surface area contributed by atoms with Crippen molar-refractivity contribution in [3.05, 3.63) is 95.6 Å². The van der Waals surface area contributed by atoms with Gasteiger partial charge in [0.05, 0.1) is 12.2 Å². The molecule has 6 rings (SSSR count). The van der Waals surface area contributed by atoms with E-state index in [9.17, 15) is 19.8 Å². The van der Waals surface area contributed by atoms with Crippen molar-refractivity contribution in [3.8, 4) is 0 Å². The number of aliphatic hydroxyl groups excluding tert-OH is 1. The number of likely N-dealkylation sites (tertiary alicyclic amines) is 1. The van der Waals surface area contributed by atoms with Crippen molar-refractivity contribution >= 4 is 23.3 Å². The summed E-state index contributed by atoms with van der Waals surface area (Å²) in [5.74, 6) is -0.904. The monoisotopic (exact) mass is 568 g/mol. The highest BCUT2D eigenvalue weighted by atomic mass is 16.4. The molecule has 3 aromatic rings. The van der Waals surface area contributed by atoms with E-state index < -0.39 is 17.7 Å². The molecule has 42 heavy (non-hydrogen) atoms. The van der Waals surface area contributed by atoms with Gasteiger partial charge in [0, 0.05) is 43.0 Å². The van der Waals surface area contributed by atoms with Crippen LogP contribution in [0.2, 0.25) is 0 Å². The second-order valence-electron chi connectivity index (χ2n) is 12.4. The molecule has 220 valence electrons. The van der Waals surface area contributed by atoms with Crippen molar-refractivity contribution < 1.29 is 19.8 Å². The van der Waals surface area contributed by atoms with Crippen LogP contribution >= 0.6 is 0 Å². The summed E-state index contributed by atoms with van der Waals surface area (Å²) in [6.07, 6.45) is 1.79. The number of piperidine rings is 1. The average Bonchev–Trinajstić information content (AvgIpc) is 3.37. The number of anilines is 2. The largest absolute Gasteiger partial charge is 0.478 e. The molecule has 2 N–H and O–H groups in total. The maximum absolute atomic E-state index is 14.1. The fourth-order valence-electron chi connectivity index (χ4n) is 7.18. The van der Waals surface area contributed by atoms with Gasteiger partial charge in [0.25, 0.3) is 0 Å². The zero-order valence-corrected chi connectivity index (χ0v) is 24.4. The number of aliphatic hydroxyl groups is 1. The van der Waals surface area contributed by atoms with E-state index in [1.54, 1.807) is 18.2 Å². The molecule has 0 saturated carbocycles. The predicted molar refractivity (Wildman–Crippen MR) is 164 cm³/mol. The van der Waals surface area contributed by atoms with Crippen LogP contribution < -0.4 is 9.80 Å². The Kier molecular flexibility index (Phi) is 7.45. The third-order valence-corrected chi connectivity index (χ3v) is 9.60. The van der Waals surface area contributed by atoms with Crippen LogP contribution in [0.15, 0.2) is 78.9 Å². The van der Waals surface area contributed by atoms with E-state index in [0.717, 1.165) is 44.0 Å². The number of rotatable bonds is 8. The number of nitrogens with zero attached hydrogens (tertiary/aromatic N) is 4. The van der Waals surface area contributed by atoms with Gasteiger partial charge in [-0.2, -0.15) is 0 Å². The number of benzene rings is 3. The van der Waals surface area contributed by atoms with Crippen molar-refractivity contribution in [2.45, 2.75) is 56.8 Å². The Morgan fingerprint density at radius 1 is 0.905 bits per heavy atom. The highest BCUT2D eigenvalue weighted by Crippen LogP contribution is 2.44. The minimum Gasteiger partial charge on any atom is -0.478 e. The first-order valence-electron chi connectivity index (χ1n) is 14.9. The van der Waals surface area contributed by atoms with Crippen LogP contribution in [0.1, 0.15) is 54.6 Å². The van der Waals surface area contributed by atoms with Gasteiger partial charge >= 0.3 is 5.97 Å². The number of aromatic carboxylic acids is 1. The molecular formula is C34H40N4O4. The molecule has 1 amide bonds. The molecule has 0 aliphatic carbocycles. The van der Waals surface area contributed by atoms with Crippen molar-refractivity contribution in [2.75, 3.05) is 42.6 Å². The zero-order valence-electron chi connectivity index (χ0n) is 24.4. The van der Waals surface area contributed by atoms with Gasteiger partial charge in [-0.25, -0.2) is 4.79 Å². The molecule has 0 aromatic heterocycles. The zero-order chi connectivity index (χ0) is 29.5. The fourth-order valence-corrected chi connectivity index (χ4v) is 7.18. The highest BCUT2D eigenvalue weighted by Gasteiger charge is 2.53. The standard InChI is InChI=1S/C34H40N4O4/c1-33(2)28-15-8-9-16-29(28)37(31(33)41)20-10-19-35-21-17-34(18-22-35)32(42)36(24-38(34)26-12-4-3-5-13-26)23-25-11-6-7-14-27(25)30(39)40/h3-9,11-16,31,41H,10,17-24H2,1-2H3,(H,39,40). The number of carboxylic acid groups (broad SMARTS) is 1. The Bertz CT molecular complexity index is 1450. The van der Waals surface area contributed by atoms with Crippen molar-refractivity contribution in [2.24, 2.45) is 0 Å². The predicted octanol–water partition coefficient (Wildman–Crippen LogP) is 4.53. The lowest BCUT2D eigenvalue weighted by Gasteiger charge is -2.43. The molecule has 1 spiro atoms. The quantitative estimate of drug-likeness (QED) is 0.413. The summed E-state index contributed by atoms with van der Waals surface area (Å²) in [5, 5.41) is 20.8. The van der Waals surface area contributed by atoms with Gasteiger partial charge in [0.2, 0.25) is 5.91 Å². The van der Waals surface area contributed by atoms with Gasteiger partial charge in [-0.15, -0.1) is 0 Å². The van der Waals surface area contributed by atoms with Gasteiger partial charge in [0.15, 0.2) is 0 Å². The van der Waals surface area contributed by atoms with Crippen LogP contribution in [-0.4, -0.2) is 76.5 Å². The molecule has 1 unspecified atom stereocenters. The van der Waals surface area contributed by atoms with Crippen molar-refractivity contribution in [3.63, 3.8) is 0 Å². The maximum atomic E-state index is 14.1. The summed E-state index contributed by atoms with van der Waals surface area (Å²) in [5.41, 5.74) is 3.24. The number of amides is 1. The smallest absolute Gasteiger partial charge is 0.336 e. The molecule has 0 radical (unpaired) electrons. The van der Waals surface area contributed by atoms with Crippen LogP contribution in [0.5, 0.6) is 0 Å². The molecule has 3 heterocycles. The molecular weight excluding hydrogens is 528 g/mol. The van der Waals surface area contributed by atoms with E-state index in [1.165, 1.54) is 5.56 Å². The van der Waals surface area contributed by atoms with Crippen LogP contribution in [0.3, 0.4) is 0 Å². The maximum Gasteiger partial charge on any atom is 0.336 e. The van der Waals surface area contributed by atoms with E-state index in [4.69, 9.17) is 0 Å².